The van der Waals surface area contributed by atoms with E-state index in [0.717, 1.165) is 12.1 Å². The summed E-state index contributed by atoms with van der Waals surface area (Å²) in [6.45, 7) is 6.96. The maximum atomic E-state index is 12.6. The van der Waals surface area contributed by atoms with Crippen LogP contribution in [0.1, 0.15) is 55.2 Å². The van der Waals surface area contributed by atoms with E-state index in [1.165, 1.54) is 49.7 Å². The lowest BCUT2D eigenvalue weighted by Crippen LogP contribution is -2.54. The Morgan fingerprint density at radius 3 is 2.50 bits per heavy atom. The monoisotopic (exact) mass is 383 g/mol. The van der Waals surface area contributed by atoms with E-state index in [4.69, 9.17) is 0 Å². The zero-order chi connectivity index (χ0) is 19.7. The molecule has 152 valence electrons. The minimum Gasteiger partial charge on any atom is -0.338 e. The van der Waals surface area contributed by atoms with Crippen LogP contribution in [0.2, 0.25) is 0 Å². The van der Waals surface area contributed by atoms with Crippen LogP contribution in [0.3, 0.4) is 0 Å². The molecule has 1 unspecified atom stereocenters. The van der Waals surface area contributed by atoms with E-state index in [9.17, 15) is 9.59 Å². The average Bonchev–Trinajstić information content (AvgIpc) is 3.32. The highest BCUT2D eigenvalue weighted by molar-refractivity contribution is 5.85. The first-order chi connectivity index (χ1) is 13.4. The lowest BCUT2D eigenvalue weighted by Gasteiger charge is -2.34. The van der Waals surface area contributed by atoms with Gasteiger partial charge in [-0.25, -0.2) is 4.79 Å². The Morgan fingerprint density at radius 1 is 1.11 bits per heavy atom. The highest BCUT2D eigenvalue weighted by Crippen LogP contribution is 2.60. The SMILES string of the molecule is Cc1cc(C)cc(CN2CCN(C(=O)NCC3CC34CCCCC4)CC2=O)c1. The number of benzene rings is 1. The second-order valence-corrected chi connectivity index (χ2v) is 9.24. The van der Waals surface area contributed by atoms with Crippen LogP contribution < -0.4 is 5.32 Å². The lowest BCUT2D eigenvalue weighted by atomic mass is 9.84. The van der Waals surface area contributed by atoms with Crippen molar-refractivity contribution in [1.82, 2.24) is 15.1 Å². The van der Waals surface area contributed by atoms with Gasteiger partial charge in [0.1, 0.15) is 6.54 Å². The van der Waals surface area contributed by atoms with Crippen molar-refractivity contribution in [3.8, 4) is 0 Å². The maximum absolute atomic E-state index is 12.6. The molecule has 1 aliphatic heterocycles. The van der Waals surface area contributed by atoms with Gasteiger partial charge in [0, 0.05) is 26.2 Å². The first kappa shape index (κ1) is 19.3. The number of nitrogens with one attached hydrogen (secondary N) is 1. The lowest BCUT2D eigenvalue weighted by molar-refractivity contribution is -0.135. The largest absolute Gasteiger partial charge is 0.338 e. The number of piperazine rings is 1. The molecule has 1 saturated heterocycles. The van der Waals surface area contributed by atoms with E-state index in [2.05, 4.69) is 37.4 Å². The van der Waals surface area contributed by atoms with Crippen LogP contribution in [0.15, 0.2) is 18.2 Å². The Hall–Kier alpha value is -2.04. The Labute approximate surface area is 168 Å². The number of nitrogens with zero attached hydrogens (tertiary/aromatic N) is 2. The van der Waals surface area contributed by atoms with Crippen molar-refractivity contribution in [2.45, 2.75) is 58.9 Å². The molecule has 5 nitrogen and oxygen atoms in total. The predicted octanol–water partition coefficient (Wildman–Crippen LogP) is 3.63. The third-order valence-electron chi connectivity index (χ3n) is 6.97. The molecule has 3 aliphatic rings. The van der Waals surface area contributed by atoms with Crippen LogP contribution in [0.25, 0.3) is 0 Å². The van der Waals surface area contributed by atoms with Crippen LogP contribution in [0, 0.1) is 25.2 Å². The normalized spacial score (nSPS) is 23.8. The Balaban J connectivity index is 1.24. The Kier molecular flexibility index (Phi) is 5.35. The fourth-order valence-corrected chi connectivity index (χ4v) is 5.34. The van der Waals surface area contributed by atoms with Crippen molar-refractivity contribution in [1.29, 1.82) is 0 Å². The van der Waals surface area contributed by atoms with Gasteiger partial charge >= 0.3 is 6.03 Å². The highest BCUT2D eigenvalue weighted by Gasteiger charge is 2.53. The average molecular weight is 384 g/mol. The molecule has 1 aromatic rings. The molecular formula is C23H33N3O2. The zero-order valence-electron chi connectivity index (χ0n) is 17.3. The number of urea groups is 1. The zero-order valence-corrected chi connectivity index (χ0v) is 17.3. The van der Waals surface area contributed by atoms with E-state index in [-0.39, 0.29) is 18.5 Å². The molecular weight excluding hydrogens is 350 g/mol. The van der Waals surface area contributed by atoms with Gasteiger partial charge in [0.2, 0.25) is 5.91 Å². The maximum Gasteiger partial charge on any atom is 0.317 e. The molecule has 1 atom stereocenters. The fourth-order valence-electron chi connectivity index (χ4n) is 5.34. The minimum atomic E-state index is -0.0720. The highest BCUT2D eigenvalue weighted by atomic mass is 16.2. The molecule has 0 aromatic heterocycles. The molecule has 5 heteroatoms. The van der Waals surface area contributed by atoms with E-state index in [1.54, 1.807) is 4.90 Å². The van der Waals surface area contributed by atoms with Gasteiger partial charge < -0.3 is 15.1 Å². The smallest absolute Gasteiger partial charge is 0.317 e. The second kappa shape index (κ2) is 7.76. The van der Waals surface area contributed by atoms with Gasteiger partial charge in [-0.05, 0) is 50.0 Å². The molecule has 28 heavy (non-hydrogen) atoms. The fraction of sp³-hybridized carbons (Fsp3) is 0.652. The molecule has 3 fully saturated rings. The van der Waals surface area contributed by atoms with Crippen LogP contribution in [-0.2, 0) is 11.3 Å². The summed E-state index contributed by atoms with van der Waals surface area (Å²) in [5.41, 5.74) is 4.13. The first-order valence-electron chi connectivity index (χ1n) is 10.8. The van der Waals surface area contributed by atoms with Gasteiger partial charge in [-0.3, -0.25) is 4.79 Å². The second-order valence-electron chi connectivity index (χ2n) is 9.24. The number of aryl methyl sites for hydroxylation is 2. The van der Waals surface area contributed by atoms with E-state index in [0.29, 0.717) is 31.0 Å². The van der Waals surface area contributed by atoms with Gasteiger partial charge in [-0.1, -0.05) is 48.6 Å². The number of carbonyl (C=O) groups excluding carboxylic acids is 2. The molecule has 0 radical (unpaired) electrons. The summed E-state index contributed by atoms with van der Waals surface area (Å²) >= 11 is 0. The first-order valence-corrected chi connectivity index (χ1v) is 10.8. The van der Waals surface area contributed by atoms with Gasteiger partial charge in [-0.2, -0.15) is 0 Å². The van der Waals surface area contributed by atoms with Crippen molar-refractivity contribution in [2.24, 2.45) is 11.3 Å². The molecule has 1 aromatic carbocycles. The molecule has 1 heterocycles. The summed E-state index contributed by atoms with van der Waals surface area (Å²) < 4.78 is 0. The molecule has 2 aliphatic carbocycles. The van der Waals surface area contributed by atoms with E-state index in [1.807, 2.05) is 4.90 Å². The van der Waals surface area contributed by atoms with Crippen LogP contribution in [0.5, 0.6) is 0 Å². The third-order valence-corrected chi connectivity index (χ3v) is 6.97. The molecule has 0 bridgehead atoms. The summed E-state index contributed by atoms with van der Waals surface area (Å²) in [5, 5.41) is 3.10. The van der Waals surface area contributed by atoms with Crippen molar-refractivity contribution >= 4 is 11.9 Å². The van der Waals surface area contributed by atoms with Gasteiger partial charge in [0.15, 0.2) is 0 Å². The van der Waals surface area contributed by atoms with Crippen molar-refractivity contribution in [2.75, 3.05) is 26.2 Å². The number of carbonyl (C=O) groups is 2. The van der Waals surface area contributed by atoms with Crippen LogP contribution in [-0.4, -0.2) is 47.9 Å². The van der Waals surface area contributed by atoms with Crippen molar-refractivity contribution < 1.29 is 9.59 Å². The Bertz CT molecular complexity index is 734. The molecule has 3 amide bonds. The third kappa shape index (κ3) is 4.18. The standard InChI is InChI=1S/C23H33N3O2/c1-17-10-18(2)12-19(11-17)15-25-8-9-26(16-21(25)27)22(28)24-14-20-13-23(20)6-4-3-5-7-23/h10-12,20H,3-9,13-16H2,1-2H3,(H,24,28). The van der Waals surface area contributed by atoms with Gasteiger partial charge in [0.25, 0.3) is 0 Å². The summed E-state index contributed by atoms with van der Waals surface area (Å²) in [6, 6.07) is 6.34. The summed E-state index contributed by atoms with van der Waals surface area (Å²) in [4.78, 5) is 28.7. The van der Waals surface area contributed by atoms with E-state index >= 15 is 0 Å². The molecule has 2 saturated carbocycles. The van der Waals surface area contributed by atoms with Crippen LogP contribution >= 0.6 is 0 Å². The molecule has 4 rings (SSSR count). The topological polar surface area (TPSA) is 52.6 Å². The number of rotatable bonds is 4. The van der Waals surface area contributed by atoms with E-state index < -0.39 is 0 Å². The van der Waals surface area contributed by atoms with Crippen LogP contribution in [0.4, 0.5) is 4.79 Å². The molecule has 1 N–H and O–H groups in total. The number of hydrogen-bond acceptors (Lipinski definition) is 2. The summed E-state index contributed by atoms with van der Waals surface area (Å²) in [5.74, 6) is 0.689. The van der Waals surface area contributed by atoms with Gasteiger partial charge in [0.05, 0.1) is 0 Å². The molecule has 1 spiro atoms. The van der Waals surface area contributed by atoms with Gasteiger partial charge in [-0.15, -0.1) is 0 Å². The number of hydrogen-bond donors (Lipinski definition) is 1. The summed E-state index contributed by atoms with van der Waals surface area (Å²) in [7, 11) is 0. The Morgan fingerprint density at radius 2 is 1.82 bits per heavy atom. The quantitative estimate of drug-likeness (QED) is 0.863. The van der Waals surface area contributed by atoms with Crippen molar-refractivity contribution in [3.05, 3.63) is 34.9 Å². The number of amides is 3. The van der Waals surface area contributed by atoms with Crippen molar-refractivity contribution in [3.63, 3.8) is 0 Å². The summed E-state index contributed by atoms with van der Waals surface area (Å²) in [6.07, 6.45) is 8.01. The predicted molar refractivity (Wildman–Crippen MR) is 110 cm³/mol. The minimum absolute atomic E-state index is 0.0377.